The van der Waals surface area contributed by atoms with E-state index in [1.165, 1.54) is 32.1 Å². The minimum absolute atomic E-state index is 0.360. The monoisotopic (exact) mass is 192 g/mol. The number of nitrogens with zero attached hydrogens (tertiary/aromatic N) is 1. The van der Waals surface area contributed by atoms with Gasteiger partial charge < -0.3 is 4.74 Å². The highest BCUT2D eigenvalue weighted by Gasteiger charge is 2.33. The Labute approximate surface area is 86.2 Å². The molecule has 0 aromatic heterocycles. The first-order valence-electron chi connectivity index (χ1n) is 5.79. The van der Waals surface area contributed by atoms with E-state index in [4.69, 9.17) is 10.00 Å². The zero-order valence-electron chi connectivity index (χ0n) is 8.67. The first-order valence-corrected chi connectivity index (χ1v) is 5.79. The lowest BCUT2D eigenvalue weighted by Gasteiger charge is -2.35. The van der Waals surface area contributed by atoms with Crippen molar-refractivity contribution in [2.75, 3.05) is 6.61 Å². The van der Waals surface area contributed by atoms with Gasteiger partial charge in [0.05, 0.1) is 18.1 Å². The van der Waals surface area contributed by atoms with Crippen molar-refractivity contribution in [2.24, 2.45) is 5.92 Å². The summed E-state index contributed by atoms with van der Waals surface area (Å²) < 4.78 is 5.78. The van der Waals surface area contributed by atoms with E-state index < -0.39 is 0 Å². The maximum absolute atomic E-state index is 9.05. The molecule has 14 heavy (non-hydrogen) atoms. The second-order valence-electron chi connectivity index (χ2n) is 4.39. The summed E-state index contributed by atoms with van der Waals surface area (Å²) in [6, 6.07) is 2.39. The second kappa shape index (κ2) is 4.79. The first-order chi connectivity index (χ1) is 6.92. The lowest BCUT2D eigenvalue weighted by atomic mass is 9.75. The number of rotatable bonds is 1. The quantitative estimate of drug-likeness (QED) is 0.640. The highest BCUT2D eigenvalue weighted by molar-refractivity contribution is 5.17. The Morgan fingerprint density at radius 2 is 2.00 bits per heavy atom. The van der Waals surface area contributed by atoms with Gasteiger partial charge in [-0.1, -0.05) is 12.8 Å². The molecule has 2 aliphatic rings. The topological polar surface area (TPSA) is 33.0 Å². The maximum Gasteiger partial charge on any atom is 0.0816 e. The van der Waals surface area contributed by atoms with Crippen molar-refractivity contribution in [3.05, 3.63) is 5.92 Å². The van der Waals surface area contributed by atoms with Gasteiger partial charge >= 0.3 is 0 Å². The molecular weight excluding hydrogens is 174 g/mol. The molecule has 0 spiro atoms. The first kappa shape index (κ1) is 9.98. The van der Waals surface area contributed by atoms with E-state index in [9.17, 15) is 0 Å². The molecule has 0 aromatic carbocycles. The SMILES string of the molecule is N#C[C]1CCCCC1C1CCCCO1. The molecule has 2 heteroatoms. The fourth-order valence-corrected chi connectivity index (χ4v) is 2.67. The Morgan fingerprint density at radius 1 is 1.14 bits per heavy atom. The lowest BCUT2D eigenvalue weighted by Crippen LogP contribution is -2.33. The van der Waals surface area contributed by atoms with E-state index in [1.807, 2.05) is 0 Å². The average Bonchev–Trinajstić information content (AvgIpc) is 2.30. The summed E-state index contributed by atoms with van der Waals surface area (Å²) in [5.74, 6) is 1.55. The molecular formula is C12H18NO. The van der Waals surface area contributed by atoms with Gasteiger partial charge in [-0.2, -0.15) is 5.26 Å². The summed E-state index contributed by atoms with van der Waals surface area (Å²) in [7, 11) is 0. The number of hydrogen-bond acceptors (Lipinski definition) is 2. The van der Waals surface area contributed by atoms with Crippen LogP contribution in [0, 0.1) is 23.2 Å². The summed E-state index contributed by atoms with van der Waals surface area (Å²) in [4.78, 5) is 0. The van der Waals surface area contributed by atoms with Gasteiger partial charge in [-0.25, -0.2) is 0 Å². The summed E-state index contributed by atoms with van der Waals surface area (Å²) in [5.41, 5.74) is 0. The van der Waals surface area contributed by atoms with Crippen molar-refractivity contribution >= 4 is 0 Å². The molecule has 0 aromatic rings. The zero-order chi connectivity index (χ0) is 9.80. The molecule has 1 heterocycles. The minimum Gasteiger partial charge on any atom is -0.378 e. The van der Waals surface area contributed by atoms with E-state index in [2.05, 4.69) is 6.07 Å². The van der Waals surface area contributed by atoms with Gasteiger partial charge in [0.25, 0.3) is 0 Å². The third-order valence-corrected chi connectivity index (χ3v) is 3.47. The molecule has 2 fully saturated rings. The Hall–Kier alpha value is -0.550. The number of ether oxygens (including phenoxy) is 1. The van der Waals surface area contributed by atoms with Gasteiger partial charge in [0, 0.05) is 12.5 Å². The maximum atomic E-state index is 9.05. The third kappa shape index (κ3) is 2.09. The van der Waals surface area contributed by atoms with Gasteiger partial charge in [-0.15, -0.1) is 0 Å². The zero-order valence-corrected chi connectivity index (χ0v) is 8.67. The molecule has 2 atom stereocenters. The van der Waals surface area contributed by atoms with Crippen LogP contribution in [0.3, 0.4) is 0 Å². The average molecular weight is 192 g/mol. The standard InChI is InChI=1S/C12H18NO/c13-9-10-5-1-2-6-11(10)12-7-3-4-8-14-12/h11-12H,1-8H2. The van der Waals surface area contributed by atoms with E-state index in [0.29, 0.717) is 12.0 Å². The van der Waals surface area contributed by atoms with Crippen molar-refractivity contribution in [1.29, 1.82) is 5.26 Å². The summed E-state index contributed by atoms with van der Waals surface area (Å²) in [6.07, 6.45) is 8.66. The van der Waals surface area contributed by atoms with Gasteiger partial charge in [-0.05, 0) is 32.1 Å². The molecule has 1 radical (unpaired) electrons. The molecule has 1 saturated heterocycles. The van der Waals surface area contributed by atoms with Gasteiger partial charge in [0.2, 0.25) is 0 Å². The van der Waals surface area contributed by atoms with Crippen molar-refractivity contribution in [1.82, 2.24) is 0 Å². The fourth-order valence-electron chi connectivity index (χ4n) is 2.67. The van der Waals surface area contributed by atoms with Crippen molar-refractivity contribution < 1.29 is 4.74 Å². The van der Waals surface area contributed by atoms with Crippen LogP contribution in [-0.4, -0.2) is 12.7 Å². The third-order valence-electron chi connectivity index (χ3n) is 3.47. The second-order valence-corrected chi connectivity index (χ2v) is 4.39. The van der Waals surface area contributed by atoms with Crippen LogP contribution in [0.4, 0.5) is 0 Å². The predicted molar refractivity (Wildman–Crippen MR) is 54.4 cm³/mol. The fraction of sp³-hybridized carbons (Fsp3) is 0.833. The lowest BCUT2D eigenvalue weighted by molar-refractivity contribution is -0.0217. The molecule has 0 amide bonds. The molecule has 2 nitrogen and oxygen atoms in total. The van der Waals surface area contributed by atoms with Gasteiger partial charge in [-0.3, -0.25) is 0 Å². The van der Waals surface area contributed by atoms with E-state index >= 15 is 0 Å². The number of nitriles is 1. The minimum atomic E-state index is 0.360. The van der Waals surface area contributed by atoms with Crippen molar-refractivity contribution in [3.63, 3.8) is 0 Å². The smallest absolute Gasteiger partial charge is 0.0816 e. The molecule has 1 saturated carbocycles. The molecule has 1 aliphatic carbocycles. The van der Waals surface area contributed by atoms with Gasteiger partial charge in [0.15, 0.2) is 0 Å². The molecule has 2 rings (SSSR count). The normalized spacial score (nSPS) is 35.1. The van der Waals surface area contributed by atoms with Crippen LogP contribution in [0.2, 0.25) is 0 Å². The van der Waals surface area contributed by atoms with Gasteiger partial charge in [0.1, 0.15) is 0 Å². The van der Waals surface area contributed by atoms with Crippen molar-refractivity contribution in [3.8, 4) is 6.07 Å². The molecule has 77 valence electrons. The highest BCUT2D eigenvalue weighted by atomic mass is 16.5. The van der Waals surface area contributed by atoms with Crippen LogP contribution in [0.1, 0.15) is 44.9 Å². The molecule has 0 bridgehead atoms. The molecule has 0 N–H and O–H groups in total. The Bertz CT molecular complexity index is 215. The van der Waals surface area contributed by atoms with Crippen LogP contribution in [-0.2, 0) is 4.74 Å². The molecule has 2 unspecified atom stereocenters. The largest absolute Gasteiger partial charge is 0.378 e. The van der Waals surface area contributed by atoms with Crippen LogP contribution in [0.5, 0.6) is 0 Å². The Morgan fingerprint density at radius 3 is 2.71 bits per heavy atom. The van der Waals surface area contributed by atoms with Crippen LogP contribution in [0.25, 0.3) is 0 Å². The van der Waals surface area contributed by atoms with Crippen molar-refractivity contribution in [2.45, 2.75) is 51.0 Å². The Kier molecular flexibility index (Phi) is 3.42. The summed E-state index contributed by atoms with van der Waals surface area (Å²) >= 11 is 0. The van der Waals surface area contributed by atoms with E-state index in [0.717, 1.165) is 25.4 Å². The van der Waals surface area contributed by atoms with E-state index in [1.54, 1.807) is 0 Å². The van der Waals surface area contributed by atoms with E-state index in [-0.39, 0.29) is 0 Å². The predicted octanol–water partition coefficient (Wildman–Crippen LogP) is 2.84. The Balaban J connectivity index is 1.95. The number of hydrogen-bond donors (Lipinski definition) is 0. The summed E-state index contributed by atoms with van der Waals surface area (Å²) in [5, 5.41) is 9.05. The molecule has 1 aliphatic heterocycles. The van der Waals surface area contributed by atoms with Crippen LogP contribution < -0.4 is 0 Å². The highest BCUT2D eigenvalue weighted by Crippen LogP contribution is 2.37. The van der Waals surface area contributed by atoms with Crippen LogP contribution in [0.15, 0.2) is 0 Å². The summed E-state index contributed by atoms with van der Waals surface area (Å²) in [6.45, 7) is 0.903. The van der Waals surface area contributed by atoms with Crippen LogP contribution >= 0.6 is 0 Å².